The first-order chi connectivity index (χ1) is 8.50. The second kappa shape index (κ2) is 7.13. The van der Waals surface area contributed by atoms with E-state index in [1.807, 2.05) is 11.9 Å². The van der Waals surface area contributed by atoms with Gasteiger partial charge in [-0.15, -0.1) is 0 Å². The first-order valence-corrected chi connectivity index (χ1v) is 7.46. The molecule has 0 aliphatic carbocycles. The fourth-order valence-corrected chi connectivity index (χ4v) is 2.83. The van der Waals surface area contributed by atoms with E-state index in [1.54, 1.807) is 0 Å². The number of hydrogen-bond acceptors (Lipinski definition) is 2. The topological polar surface area (TPSA) is 32.3 Å². The molecule has 0 spiro atoms. The molecule has 1 N–H and O–H groups in total. The molecule has 0 bridgehead atoms. The Morgan fingerprint density at radius 2 is 2.11 bits per heavy atom. The summed E-state index contributed by atoms with van der Waals surface area (Å²) in [7, 11) is 1.95. The molecule has 1 amide bonds. The van der Waals surface area contributed by atoms with Gasteiger partial charge in [0.05, 0.1) is 0 Å². The van der Waals surface area contributed by atoms with Crippen molar-refractivity contribution in [2.24, 2.45) is 11.3 Å². The number of carbonyl (C=O) groups excluding carboxylic acids is 1. The molecule has 0 aromatic heterocycles. The largest absolute Gasteiger partial charge is 0.345 e. The van der Waals surface area contributed by atoms with Crippen molar-refractivity contribution in [2.45, 2.75) is 52.9 Å². The van der Waals surface area contributed by atoms with Crippen molar-refractivity contribution in [2.75, 3.05) is 26.7 Å². The minimum absolute atomic E-state index is 0.228. The number of unbranched alkanes of at least 4 members (excludes halogenated alkanes) is 2. The van der Waals surface area contributed by atoms with Crippen molar-refractivity contribution in [3.63, 3.8) is 0 Å². The summed E-state index contributed by atoms with van der Waals surface area (Å²) in [6.45, 7) is 9.41. The van der Waals surface area contributed by atoms with Crippen LogP contribution in [0.2, 0.25) is 0 Å². The standard InChI is InChI=1S/C15H30N2O/c1-5-6-7-11-17(4)14(18)15(2,3)13-9-8-10-16-12-13/h13,16H,5-12H2,1-4H3. The Balaban J connectivity index is 2.51. The molecule has 1 saturated heterocycles. The maximum absolute atomic E-state index is 12.6. The van der Waals surface area contributed by atoms with Gasteiger partial charge in [-0.05, 0) is 38.3 Å². The Bertz CT molecular complexity index is 257. The number of rotatable bonds is 6. The molecule has 106 valence electrons. The van der Waals surface area contributed by atoms with Gasteiger partial charge in [0.25, 0.3) is 0 Å². The maximum Gasteiger partial charge on any atom is 0.228 e. The Labute approximate surface area is 112 Å². The number of nitrogens with zero attached hydrogens (tertiary/aromatic N) is 1. The summed E-state index contributed by atoms with van der Waals surface area (Å²) >= 11 is 0. The molecule has 1 heterocycles. The summed E-state index contributed by atoms with van der Waals surface area (Å²) in [4.78, 5) is 14.5. The zero-order valence-corrected chi connectivity index (χ0v) is 12.6. The van der Waals surface area contributed by atoms with E-state index in [1.165, 1.54) is 25.7 Å². The molecule has 0 saturated carbocycles. The Hall–Kier alpha value is -0.570. The van der Waals surface area contributed by atoms with Crippen molar-refractivity contribution < 1.29 is 4.79 Å². The molecular weight excluding hydrogens is 224 g/mol. The second-order valence-electron chi connectivity index (χ2n) is 6.20. The van der Waals surface area contributed by atoms with Gasteiger partial charge in [0, 0.05) is 19.0 Å². The van der Waals surface area contributed by atoms with E-state index in [2.05, 4.69) is 26.1 Å². The Kier molecular flexibility index (Phi) is 6.13. The van der Waals surface area contributed by atoms with Crippen molar-refractivity contribution >= 4 is 5.91 Å². The smallest absolute Gasteiger partial charge is 0.228 e. The van der Waals surface area contributed by atoms with E-state index in [9.17, 15) is 4.79 Å². The molecule has 1 aliphatic heterocycles. The van der Waals surface area contributed by atoms with Crippen LogP contribution >= 0.6 is 0 Å². The van der Waals surface area contributed by atoms with E-state index >= 15 is 0 Å². The Morgan fingerprint density at radius 3 is 2.67 bits per heavy atom. The second-order valence-corrected chi connectivity index (χ2v) is 6.20. The van der Waals surface area contributed by atoms with Gasteiger partial charge < -0.3 is 10.2 Å². The van der Waals surface area contributed by atoms with Gasteiger partial charge in [-0.3, -0.25) is 4.79 Å². The lowest BCUT2D eigenvalue weighted by molar-refractivity contribution is -0.142. The highest BCUT2D eigenvalue weighted by molar-refractivity contribution is 5.82. The average Bonchev–Trinajstić information content (AvgIpc) is 2.39. The molecule has 1 fully saturated rings. The minimum atomic E-state index is -0.228. The maximum atomic E-state index is 12.6. The first kappa shape index (κ1) is 15.5. The fraction of sp³-hybridized carbons (Fsp3) is 0.933. The molecule has 3 nitrogen and oxygen atoms in total. The quantitative estimate of drug-likeness (QED) is 0.739. The summed E-state index contributed by atoms with van der Waals surface area (Å²) in [5, 5.41) is 3.42. The molecule has 1 aliphatic rings. The lowest BCUT2D eigenvalue weighted by Crippen LogP contribution is -2.48. The van der Waals surface area contributed by atoms with Crippen LogP contribution in [-0.4, -0.2) is 37.5 Å². The fourth-order valence-electron chi connectivity index (χ4n) is 2.83. The third-order valence-electron chi connectivity index (χ3n) is 4.31. The van der Waals surface area contributed by atoms with Gasteiger partial charge in [0.1, 0.15) is 0 Å². The van der Waals surface area contributed by atoms with Crippen molar-refractivity contribution in [3.8, 4) is 0 Å². The van der Waals surface area contributed by atoms with Crippen molar-refractivity contribution in [1.82, 2.24) is 10.2 Å². The van der Waals surface area contributed by atoms with Gasteiger partial charge in [-0.1, -0.05) is 33.6 Å². The van der Waals surface area contributed by atoms with E-state index < -0.39 is 0 Å². The third kappa shape index (κ3) is 3.98. The molecule has 0 radical (unpaired) electrons. The van der Waals surface area contributed by atoms with E-state index in [0.717, 1.165) is 26.1 Å². The van der Waals surface area contributed by atoms with Crippen LogP contribution in [0.15, 0.2) is 0 Å². The van der Waals surface area contributed by atoms with Crippen LogP contribution in [0.3, 0.4) is 0 Å². The number of hydrogen-bond donors (Lipinski definition) is 1. The number of amides is 1. The summed E-state index contributed by atoms with van der Waals surface area (Å²) in [5.74, 6) is 0.791. The number of piperidine rings is 1. The number of carbonyl (C=O) groups is 1. The Morgan fingerprint density at radius 1 is 1.39 bits per heavy atom. The lowest BCUT2D eigenvalue weighted by Gasteiger charge is -2.38. The molecule has 1 unspecified atom stereocenters. The van der Waals surface area contributed by atoms with Crippen LogP contribution in [0.5, 0.6) is 0 Å². The van der Waals surface area contributed by atoms with Gasteiger partial charge >= 0.3 is 0 Å². The zero-order valence-electron chi connectivity index (χ0n) is 12.6. The highest BCUT2D eigenvalue weighted by Crippen LogP contribution is 2.33. The summed E-state index contributed by atoms with van der Waals surface area (Å²) in [6, 6.07) is 0. The van der Waals surface area contributed by atoms with Gasteiger partial charge in [0.2, 0.25) is 5.91 Å². The van der Waals surface area contributed by atoms with Crippen LogP contribution in [0.1, 0.15) is 52.9 Å². The monoisotopic (exact) mass is 254 g/mol. The average molecular weight is 254 g/mol. The van der Waals surface area contributed by atoms with Crippen molar-refractivity contribution in [3.05, 3.63) is 0 Å². The zero-order chi connectivity index (χ0) is 13.6. The highest BCUT2D eigenvalue weighted by atomic mass is 16.2. The molecule has 3 heteroatoms. The van der Waals surface area contributed by atoms with Crippen LogP contribution < -0.4 is 5.32 Å². The van der Waals surface area contributed by atoms with E-state index in [0.29, 0.717) is 11.8 Å². The molecule has 18 heavy (non-hydrogen) atoms. The summed E-state index contributed by atoms with van der Waals surface area (Å²) in [5.41, 5.74) is -0.228. The van der Waals surface area contributed by atoms with Gasteiger partial charge in [0.15, 0.2) is 0 Å². The van der Waals surface area contributed by atoms with Crippen LogP contribution in [0.25, 0.3) is 0 Å². The van der Waals surface area contributed by atoms with Gasteiger partial charge in [-0.2, -0.15) is 0 Å². The third-order valence-corrected chi connectivity index (χ3v) is 4.31. The van der Waals surface area contributed by atoms with E-state index in [4.69, 9.17) is 0 Å². The summed E-state index contributed by atoms with van der Waals surface area (Å²) < 4.78 is 0. The summed E-state index contributed by atoms with van der Waals surface area (Å²) in [6.07, 6.45) is 5.91. The minimum Gasteiger partial charge on any atom is -0.345 e. The van der Waals surface area contributed by atoms with Crippen LogP contribution in [0, 0.1) is 11.3 Å². The van der Waals surface area contributed by atoms with Crippen molar-refractivity contribution in [1.29, 1.82) is 0 Å². The predicted molar refractivity (Wildman–Crippen MR) is 76.5 cm³/mol. The van der Waals surface area contributed by atoms with E-state index in [-0.39, 0.29) is 5.41 Å². The van der Waals surface area contributed by atoms with Gasteiger partial charge in [-0.25, -0.2) is 0 Å². The van der Waals surface area contributed by atoms with Crippen LogP contribution in [0.4, 0.5) is 0 Å². The molecule has 1 rings (SSSR count). The SMILES string of the molecule is CCCCCN(C)C(=O)C(C)(C)C1CCCNC1. The normalized spacial score (nSPS) is 20.8. The highest BCUT2D eigenvalue weighted by Gasteiger charge is 2.38. The predicted octanol–water partition coefficient (Wildman–Crippen LogP) is 2.66. The van der Waals surface area contributed by atoms with Crippen LogP contribution in [-0.2, 0) is 4.79 Å². The number of nitrogens with one attached hydrogen (secondary N) is 1. The molecule has 1 atom stereocenters. The molecular formula is C15H30N2O. The lowest BCUT2D eigenvalue weighted by atomic mass is 9.74. The molecule has 0 aromatic rings. The molecule has 0 aromatic carbocycles. The first-order valence-electron chi connectivity index (χ1n) is 7.46.